The molecular weight excluding hydrogens is 753 g/mol. The smallest absolute Gasteiger partial charge is 0.462 e. The van der Waals surface area contributed by atoms with Gasteiger partial charge in [-0.15, -0.1) is 0 Å². The van der Waals surface area contributed by atoms with E-state index in [2.05, 4.69) is 19.9 Å². The van der Waals surface area contributed by atoms with Crippen LogP contribution in [0, 0.1) is 0 Å². The Labute approximate surface area is 354 Å². The molecule has 0 rings (SSSR count). The molecule has 0 spiro atoms. The van der Waals surface area contributed by atoms with Gasteiger partial charge in [0, 0.05) is 19.4 Å². The molecule has 0 aliphatic carbocycles. The van der Waals surface area contributed by atoms with Crippen LogP contribution in [0.25, 0.3) is 0 Å². The predicted molar refractivity (Wildman–Crippen MR) is 239 cm³/mol. The second-order valence-electron chi connectivity index (χ2n) is 15.5. The van der Waals surface area contributed by atoms with E-state index < -0.39 is 38.6 Å². The molecule has 0 aliphatic rings. The molecule has 4 N–H and O–H groups in total. The molecule has 0 aliphatic heterocycles. The van der Waals surface area contributed by atoms with Gasteiger partial charge in [-0.3, -0.25) is 18.6 Å². The number of esters is 2. The van der Waals surface area contributed by atoms with Gasteiger partial charge in [0.25, 0.3) is 0 Å². The Bertz CT molecular complexity index is 1110. The minimum atomic E-state index is -4.41. The monoisotopic (exact) mass is 840 g/mol. The molecule has 0 fully saturated rings. The topological polar surface area (TPSA) is 155 Å². The van der Waals surface area contributed by atoms with E-state index in [1.165, 1.54) is 122 Å². The van der Waals surface area contributed by atoms with Gasteiger partial charge in [-0.25, -0.2) is 4.57 Å². The van der Waals surface area contributed by atoms with Crippen molar-refractivity contribution in [2.75, 3.05) is 26.4 Å². The molecule has 0 bridgehead atoms. The fourth-order valence-corrected chi connectivity index (χ4v) is 7.06. The predicted octanol–water partition coefficient (Wildman–Crippen LogP) is 12.5. The summed E-state index contributed by atoms with van der Waals surface area (Å²) in [4.78, 5) is 34.9. The zero-order valence-electron chi connectivity index (χ0n) is 36.9. The largest absolute Gasteiger partial charge is 0.472 e. The average molecular weight is 840 g/mol. The van der Waals surface area contributed by atoms with Gasteiger partial charge in [0.15, 0.2) is 6.10 Å². The lowest BCUT2D eigenvalue weighted by Gasteiger charge is -2.19. The van der Waals surface area contributed by atoms with Crippen LogP contribution >= 0.6 is 7.82 Å². The fourth-order valence-electron chi connectivity index (χ4n) is 6.30. The van der Waals surface area contributed by atoms with E-state index in [0.717, 1.165) is 32.1 Å². The number of carbonyl (C=O) groups excluding carboxylic acids is 2. The number of aliphatic hydroxyl groups is 1. The Balaban J connectivity index is 4.23. The standard InChI is InChI=1S/C47H86NO9P/c1-3-5-7-9-11-12-13-14-15-16-17-18-19-20-21-22-26-30-34-38-46(50)54-42-45(43-56-58(52,53)55-41-40-48)57-47(51)39-35-31-27-23-25-29-33-37-44(49)36-32-28-24-10-8-6-4-2/h23-24,27-29,32-33,36,44-45,49H,3-22,25-26,30-31,34-35,37-43,48H2,1-2H3,(H,52,53)/b27-23+,28-24-,33-29-,36-32-/t44-,45+/m0/s1. The molecule has 0 radical (unpaired) electrons. The average Bonchev–Trinajstić information content (AvgIpc) is 3.21. The van der Waals surface area contributed by atoms with Crippen molar-refractivity contribution in [1.29, 1.82) is 0 Å². The number of aliphatic hydroxyl groups excluding tert-OH is 1. The summed E-state index contributed by atoms with van der Waals surface area (Å²) in [5.41, 5.74) is 5.34. The number of ether oxygens (including phenoxy) is 2. The molecule has 3 atom stereocenters. The second-order valence-corrected chi connectivity index (χ2v) is 16.9. The van der Waals surface area contributed by atoms with Gasteiger partial charge in [-0.2, -0.15) is 0 Å². The summed E-state index contributed by atoms with van der Waals surface area (Å²) in [5, 5.41) is 10.1. The first-order valence-electron chi connectivity index (χ1n) is 23.2. The molecule has 11 heteroatoms. The Morgan fingerprint density at radius 1 is 0.603 bits per heavy atom. The second kappa shape index (κ2) is 43.0. The molecular formula is C47H86NO9P. The van der Waals surface area contributed by atoms with Gasteiger partial charge in [0.2, 0.25) is 0 Å². The number of rotatable bonds is 43. The van der Waals surface area contributed by atoms with E-state index in [1.54, 1.807) is 6.08 Å². The van der Waals surface area contributed by atoms with Crippen molar-refractivity contribution in [3.05, 3.63) is 48.6 Å². The van der Waals surface area contributed by atoms with E-state index in [-0.39, 0.29) is 32.6 Å². The van der Waals surface area contributed by atoms with Crippen LogP contribution in [0.5, 0.6) is 0 Å². The summed E-state index contributed by atoms with van der Waals surface area (Å²) in [6.07, 6.45) is 46.0. The molecule has 0 amide bonds. The summed E-state index contributed by atoms with van der Waals surface area (Å²) in [6, 6.07) is 0. The Morgan fingerprint density at radius 2 is 1.12 bits per heavy atom. The highest BCUT2D eigenvalue weighted by molar-refractivity contribution is 7.47. The third-order valence-corrected chi connectivity index (χ3v) is 10.8. The maximum atomic E-state index is 12.6. The molecule has 0 aromatic heterocycles. The van der Waals surface area contributed by atoms with E-state index in [9.17, 15) is 24.2 Å². The quantitative estimate of drug-likeness (QED) is 0.0178. The molecule has 0 heterocycles. The van der Waals surface area contributed by atoms with Gasteiger partial charge < -0.3 is 25.2 Å². The third-order valence-electron chi connectivity index (χ3n) is 9.80. The number of hydrogen-bond acceptors (Lipinski definition) is 9. The van der Waals surface area contributed by atoms with Crippen molar-refractivity contribution in [2.45, 2.75) is 212 Å². The molecule has 0 saturated heterocycles. The van der Waals surface area contributed by atoms with Crippen LogP contribution in [0.4, 0.5) is 0 Å². The number of unbranched alkanes of at least 4 members (excludes halogenated alkanes) is 22. The molecule has 0 aromatic carbocycles. The summed E-state index contributed by atoms with van der Waals surface area (Å²) < 4.78 is 32.7. The first kappa shape index (κ1) is 55.9. The summed E-state index contributed by atoms with van der Waals surface area (Å²) >= 11 is 0. The molecule has 1 unspecified atom stereocenters. The van der Waals surface area contributed by atoms with Crippen molar-refractivity contribution >= 4 is 19.8 Å². The van der Waals surface area contributed by atoms with Crippen molar-refractivity contribution < 1.29 is 42.7 Å². The van der Waals surface area contributed by atoms with Gasteiger partial charge in [0.05, 0.1) is 19.3 Å². The van der Waals surface area contributed by atoms with E-state index in [0.29, 0.717) is 19.3 Å². The van der Waals surface area contributed by atoms with Crippen LogP contribution in [0.3, 0.4) is 0 Å². The van der Waals surface area contributed by atoms with Gasteiger partial charge in [-0.1, -0.05) is 191 Å². The Hall–Kier alpha value is -2.07. The fraction of sp³-hybridized carbons (Fsp3) is 0.787. The number of carbonyl (C=O) groups is 2. The van der Waals surface area contributed by atoms with Gasteiger partial charge in [-0.05, 0) is 44.9 Å². The molecule has 0 saturated carbocycles. The molecule has 10 nitrogen and oxygen atoms in total. The minimum absolute atomic E-state index is 0.0340. The molecule has 0 aromatic rings. The maximum absolute atomic E-state index is 12.6. The number of hydrogen-bond donors (Lipinski definition) is 3. The highest BCUT2D eigenvalue weighted by Gasteiger charge is 2.26. The van der Waals surface area contributed by atoms with E-state index in [1.807, 2.05) is 36.5 Å². The summed E-state index contributed by atoms with van der Waals surface area (Å²) in [5.74, 6) is -0.930. The summed E-state index contributed by atoms with van der Waals surface area (Å²) in [6.45, 7) is 3.56. The Morgan fingerprint density at radius 3 is 1.71 bits per heavy atom. The first-order valence-corrected chi connectivity index (χ1v) is 24.7. The Kier molecular flexibility index (Phi) is 41.5. The van der Waals surface area contributed by atoms with Crippen LogP contribution < -0.4 is 5.73 Å². The lowest BCUT2D eigenvalue weighted by atomic mass is 10.0. The van der Waals surface area contributed by atoms with Crippen LogP contribution in [0.15, 0.2) is 48.6 Å². The van der Waals surface area contributed by atoms with Crippen molar-refractivity contribution in [3.63, 3.8) is 0 Å². The lowest BCUT2D eigenvalue weighted by molar-refractivity contribution is -0.161. The zero-order valence-corrected chi connectivity index (χ0v) is 37.8. The third kappa shape index (κ3) is 42.1. The highest BCUT2D eigenvalue weighted by atomic mass is 31.2. The summed E-state index contributed by atoms with van der Waals surface area (Å²) in [7, 11) is -4.41. The van der Waals surface area contributed by atoms with Crippen LogP contribution in [-0.4, -0.2) is 60.5 Å². The number of allylic oxidation sites excluding steroid dienone is 6. The number of phosphoric ester groups is 1. The number of nitrogens with two attached hydrogens (primary N) is 1. The maximum Gasteiger partial charge on any atom is 0.472 e. The zero-order chi connectivity index (χ0) is 42.6. The molecule has 338 valence electrons. The number of phosphoric acid groups is 1. The highest BCUT2D eigenvalue weighted by Crippen LogP contribution is 2.43. The normalized spacial score (nSPS) is 14.2. The van der Waals surface area contributed by atoms with Crippen LogP contribution in [0.2, 0.25) is 0 Å². The van der Waals surface area contributed by atoms with E-state index in [4.69, 9.17) is 24.3 Å². The van der Waals surface area contributed by atoms with Crippen molar-refractivity contribution in [3.8, 4) is 0 Å². The molecule has 58 heavy (non-hydrogen) atoms. The van der Waals surface area contributed by atoms with Crippen LogP contribution in [-0.2, 0) is 32.7 Å². The van der Waals surface area contributed by atoms with Crippen molar-refractivity contribution in [2.24, 2.45) is 5.73 Å². The van der Waals surface area contributed by atoms with Gasteiger partial charge >= 0.3 is 19.8 Å². The minimum Gasteiger partial charge on any atom is -0.462 e. The van der Waals surface area contributed by atoms with E-state index >= 15 is 0 Å². The lowest BCUT2D eigenvalue weighted by Crippen LogP contribution is -2.29. The SMILES string of the molecule is CCCCC/C=C\C=C/[C@H](O)C/C=C\C/C=C/CCCC(=O)O[C@H](COC(=O)CCCCCCCCCCCCCCCCCCCCC)COP(=O)(O)OCCN. The first-order chi connectivity index (χ1) is 28.2. The van der Waals surface area contributed by atoms with Gasteiger partial charge in [0.1, 0.15) is 6.61 Å². The van der Waals surface area contributed by atoms with Crippen LogP contribution in [0.1, 0.15) is 200 Å². The van der Waals surface area contributed by atoms with Crippen molar-refractivity contribution in [1.82, 2.24) is 0 Å².